The molecule has 0 aliphatic rings. The number of rotatable bonds is 1. The molecule has 4 nitrogen and oxygen atoms in total. The Kier molecular flexibility index (Phi) is 4.30. The van der Waals surface area contributed by atoms with E-state index in [1.807, 2.05) is 30.3 Å². The van der Waals surface area contributed by atoms with E-state index < -0.39 is 4.92 Å². The summed E-state index contributed by atoms with van der Waals surface area (Å²) >= 11 is 1.13. The van der Waals surface area contributed by atoms with Gasteiger partial charge in [0.1, 0.15) is 0 Å². The lowest BCUT2D eigenvalue weighted by Gasteiger charge is -1.83. The minimum atomic E-state index is -0.398. The quantitative estimate of drug-likeness (QED) is 0.458. The van der Waals surface area contributed by atoms with Crippen LogP contribution in [-0.2, 0) is 0 Å². The molecular weight excluding hydrogens is 212 g/mol. The molecule has 0 fully saturated rings. The van der Waals surface area contributed by atoms with Crippen molar-refractivity contribution in [1.82, 2.24) is 0 Å². The fourth-order valence-electron chi connectivity index (χ4n) is 0.827. The van der Waals surface area contributed by atoms with E-state index in [0.29, 0.717) is 0 Å². The molecule has 2 rings (SSSR count). The van der Waals surface area contributed by atoms with Gasteiger partial charge in [-0.15, -0.1) is 0 Å². The predicted molar refractivity (Wildman–Crippen MR) is 61.8 cm³/mol. The molecule has 78 valence electrons. The first-order chi connectivity index (χ1) is 7.20. The molecule has 2 aromatic rings. The van der Waals surface area contributed by atoms with Gasteiger partial charge in [0.25, 0.3) is 0 Å². The summed E-state index contributed by atoms with van der Waals surface area (Å²) in [7, 11) is 0. The molecule has 0 unspecified atom stereocenters. The summed E-state index contributed by atoms with van der Waals surface area (Å²) in [6.07, 6.45) is 0. The highest BCUT2D eigenvalue weighted by molar-refractivity contribution is 7.13. The average molecular weight is 222 g/mol. The Morgan fingerprint density at radius 3 is 2.07 bits per heavy atom. The number of hydrogen-bond acceptors (Lipinski definition) is 4. The molecule has 0 aliphatic carbocycles. The zero-order valence-corrected chi connectivity index (χ0v) is 8.68. The lowest BCUT2D eigenvalue weighted by molar-refractivity contribution is -0.380. The number of thiophene rings is 1. The van der Waals surface area contributed by atoms with Gasteiger partial charge in [0, 0.05) is 11.8 Å². The fraction of sp³-hybridized carbons (Fsp3) is 0. The summed E-state index contributed by atoms with van der Waals surface area (Å²) < 4.78 is 0. The van der Waals surface area contributed by atoms with Crippen LogP contribution >= 0.6 is 11.3 Å². The molecule has 0 bridgehead atoms. The smallest absolute Gasteiger partial charge is 0.324 e. The number of anilines is 1. The molecule has 0 saturated carbocycles. The molecule has 0 radical (unpaired) electrons. The number of nitrogen functional groups attached to an aromatic ring is 1. The van der Waals surface area contributed by atoms with Crippen molar-refractivity contribution in [3.8, 4) is 0 Å². The lowest BCUT2D eigenvalue weighted by Crippen LogP contribution is -1.80. The van der Waals surface area contributed by atoms with Gasteiger partial charge < -0.3 is 5.73 Å². The van der Waals surface area contributed by atoms with E-state index in [-0.39, 0.29) is 5.00 Å². The zero-order valence-electron chi connectivity index (χ0n) is 7.87. The van der Waals surface area contributed by atoms with Crippen LogP contribution in [0.4, 0.5) is 10.7 Å². The van der Waals surface area contributed by atoms with E-state index in [1.165, 1.54) is 6.07 Å². The Hall–Kier alpha value is -1.88. The molecular formula is C10H10N2O2S. The van der Waals surface area contributed by atoms with Crippen LogP contribution in [0.2, 0.25) is 0 Å². The maximum absolute atomic E-state index is 9.88. The normalized spacial score (nSPS) is 8.80. The number of hydrogen-bond donors (Lipinski definition) is 1. The Labute approximate surface area is 91.1 Å². The zero-order chi connectivity index (χ0) is 11.1. The summed E-state index contributed by atoms with van der Waals surface area (Å²) in [6, 6.07) is 12.6. The van der Waals surface area contributed by atoms with E-state index >= 15 is 0 Å². The lowest BCUT2D eigenvalue weighted by atomic mass is 10.3. The molecule has 5 heteroatoms. The van der Waals surface area contributed by atoms with E-state index in [4.69, 9.17) is 5.73 Å². The number of nitrogens with zero attached hydrogens (tertiary/aromatic N) is 1. The molecule has 1 aromatic heterocycles. The molecule has 1 heterocycles. The molecule has 2 N–H and O–H groups in total. The van der Waals surface area contributed by atoms with Gasteiger partial charge in [-0.1, -0.05) is 29.5 Å². The van der Waals surface area contributed by atoms with Crippen molar-refractivity contribution in [2.24, 2.45) is 0 Å². The van der Waals surface area contributed by atoms with Crippen LogP contribution in [0.3, 0.4) is 0 Å². The van der Waals surface area contributed by atoms with Crippen molar-refractivity contribution in [2.45, 2.75) is 0 Å². The van der Waals surface area contributed by atoms with Gasteiger partial charge in [-0.2, -0.15) is 0 Å². The third-order valence-electron chi connectivity index (χ3n) is 1.49. The van der Waals surface area contributed by atoms with Crippen molar-refractivity contribution in [1.29, 1.82) is 0 Å². The number of para-hydroxylation sites is 1. The molecule has 0 atom stereocenters. The third-order valence-corrected chi connectivity index (χ3v) is 2.31. The average Bonchev–Trinajstić information content (AvgIpc) is 2.72. The largest absolute Gasteiger partial charge is 0.399 e. The van der Waals surface area contributed by atoms with Crippen molar-refractivity contribution in [2.75, 3.05) is 5.73 Å². The van der Waals surface area contributed by atoms with E-state index in [1.54, 1.807) is 11.4 Å². The Morgan fingerprint density at radius 2 is 1.80 bits per heavy atom. The van der Waals surface area contributed by atoms with Gasteiger partial charge in [-0.3, -0.25) is 10.1 Å². The summed E-state index contributed by atoms with van der Waals surface area (Å²) in [5.41, 5.74) is 6.18. The van der Waals surface area contributed by atoms with Crippen LogP contribution in [0.1, 0.15) is 0 Å². The summed E-state index contributed by atoms with van der Waals surface area (Å²) in [4.78, 5) is 9.48. The second-order valence-corrected chi connectivity index (χ2v) is 3.55. The highest BCUT2D eigenvalue weighted by Crippen LogP contribution is 2.16. The molecule has 1 aromatic carbocycles. The minimum Gasteiger partial charge on any atom is -0.399 e. The summed E-state index contributed by atoms with van der Waals surface area (Å²) in [6.45, 7) is 0. The molecule has 15 heavy (non-hydrogen) atoms. The first kappa shape index (κ1) is 11.2. The van der Waals surface area contributed by atoms with Crippen LogP contribution in [-0.4, -0.2) is 4.92 Å². The van der Waals surface area contributed by atoms with Crippen molar-refractivity contribution < 1.29 is 4.92 Å². The minimum absolute atomic E-state index is 0.199. The van der Waals surface area contributed by atoms with E-state index in [2.05, 4.69) is 0 Å². The molecule has 0 aliphatic heterocycles. The van der Waals surface area contributed by atoms with Crippen LogP contribution in [0.5, 0.6) is 0 Å². The first-order valence-electron chi connectivity index (χ1n) is 4.18. The second kappa shape index (κ2) is 5.77. The number of nitro groups is 1. The van der Waals surface area contributed by atoms with Gasteiger partial charge in [-0.25, -0.2) is 0 Å². The van der Waals surface area contributed by atoms with Crippen LogP contribution < -0.4 is 5.73 Å². The Balaban J connectivity index is 0.000000151. The predicted octanol–water partition coefficient (Wildman–Crippen LogP) is 2.93. The highest BCUT2D eigenvalue weighted by Gasteiger charge is 2.01. The van der Waals surface area contributed by atoms with Crippen molar-refractivity contribution >= 4 is 22.0 Å². The Morgan fingerprint density at radius 1 is 1.13 bits per heavy atom. The topological polar surface area (TPSA) is 69.2 Å². The number of benzene rings is 1. The van der Waals surface area contributed by atoms with Gasteiger partial charge in [0.15, 0.2) is 0 Å². The maximum atomic E-state index is 9.88. The summed E-state index contributed by atoms with van der Waals surface area (Å²) in [5.74, 6) is 0. The van der Waals surface area contributed by atoms with E-state index in [9.17, 15) is 10.1 Å². The fourth-order valence-corrected chi connectivity index (χ4v) is 1.37. The Bertz CT molecular complexity index is 401. The van der Waals surface area contributed by atoms with Gasteiger partial charge in [0.2, 0.25) is 0 Å². The van der Waals surface area contributed by atoms with Crippen molar-refractivity contribution in [3.05, 3.63) is 58.0 Å². The van der Waals surface area contributed by atoms with Gasteiger partial charge >= 0.3 is 5.00 Å². The van der Waals surface area contributed by atoms with Gasteiger partial charge in [-0.05, 0) is 23.6 Å². The maximum Gasteiger partial charge on any atom is 0.324 e. The SMILES string of the molecule is Nc1ccccc1.O=[N+]([O-])c1cccs1. The van der Waals surface area contributed by atoms with Crippen LogP contribution in [0.25, 0.3) is 0 Å². The second-order valence-electron chi connectivity index (χ2n) is 2.62. The van der Waals surface area contributed by atoms with Gasteiger partial charge in [0.05, 0.1) is 4.92 Å². The van der Waals surface area contributed by atoms with Crippen LogP contribution in [0.15, 0.2) is 47.8 Å². The summed E-state index contributed by atoms with van der Waals surface area (Å²) in [5, 5.41) is 11.8. The molecule has 0 spiro atoms. The third kappa shape index (κ3) is 4.24. The molecule has 0 saturated heterocycles. The monoisotopic (exact) mass is 222 g/mol. The number of nitrogens with two attached hydrogens (primary N) is 1. The standard InChI is InChI=1S/C6H7N.C4H3NO2S/c7-6-4-2-1-3-5-6;6-5(7)4-2-1-3-8-4/h1-5H,7H2;1-3H. The van der Waals surface area contributed by atoms with Crippen LogP contribution in [0, 0.1) is 10.1 Å². The highest BCUT2D eigenvalue weighted by atomic mass is 32.1. The van der Waals surface area contributed by atoms with Crippen molar-refractivity contribution in [3.63, 3.8) is 0 Å². The van der Waals surface area contributed by atoms with E-state index in [0.717, 1.165) is 17.0 Å². The molecule has 0 amide bonds. The first-order valence-corrected chi connectivity index (χ1v) is 5.06.